The van der Waals surface area contributed by atoms with Gasteiger partial charge in [0.15, 0.2) is 0 Å². The molecule has 0 saturated carbocycles. The van der Waals surface area contributed by atoms with Crippen molar-refractivity contribution in [2.24, 2.45) is 0 Å². The van der Waals surface area contributed by atoms with Gasteiger partial charge in [-0.1, -0.05) is 38.1 Å². The maximum atomic E-state index is 4.76. The molecule has 0 aliphatic carbocycles. The Morgan fingerprint density at radius 2 is 1.72 bits per heavy atom. The molecule has 0 N–H and O–H groups in total. The van der Waals surface area contributed by atoms with E-state index in [1.807, 2.05) is 6.07 Å². The number of hydrogen-bond acceptors (Lipinski definition) is 1. The monoisotopic (exact) mass is 235 g/mol. The Balaban J connectivity index is 2.42. The van der Waals surface area contributed by atoms with Crippen LogP contribution in [0.5, 0.6) is 0 Å². The normalized spacial score (nSPS) is 11.2. The van der Waals surface area contributed by atoms with Crippen molar-refractivity contribution in [3.05, 3.63) is 53.6 Å². The number of aromatic nitrogens is 1. The summed E-state index contributed by atoms with van der Waals surface area (Å²) in [6.45, 7) is 4.44. The first-order chi connectivity index (χ1) is 8.83. The first-order valence-corrected chi connectivity index (χ1v) is 6.63. The van der Waals surface area contributed by atoms with E-state index < -0.39 is 0 Å². The SMILES string of the molecule is CCc1ccc2nc3ccccc3cc2c1CC. The van der Waals surface area contributed by atoms with Crippen LogP contribution in [-0.2, 0) is 12.8 Å². The number of nitrogens with zero attached hydrogens (tertiary/aromatic N) is 1. The lowest BCUT2D eigenvalue weighted by atomic mass is 9.97. The van der Waals surface area contributed by atoms with Crippen molar-refractivity contribution in [3.8, 4) is 0 Å². The number of aryl methyl sites for hydroxylation is 2. The second-order valence-electron chi connectivity index (χ2n) is 4.66. The maximum Gasteiger partial charge on any atom is 0.0712 e. The largest absolute Gasteiger partial charge is 0.248 e. The Hall–Kier alpha value is -1.89. The highest BCUT2D eigenvalue weighted by molar-refractivity contribution is 5.94. The van der Waals surface area contributed by atoms with E-state index in [1.54, 1.807) is 0 Å². The van der Waals surface area contributed by atoms with Crippen molar-refractivity contribution >= 4 is 21.8 Å². The fourth-order valence-corrected chi connectivity index (χ4v) is 2.70. The molecule has 1 aromatic heterocycles. The molecule has 0 spiro atoms. The maximum absolute atomic E-state index is 4.76. The third-order valence-electron chi connectivity index (χ3n) is 3.64. The molecule has 0 saturated heterocycles. The summed E-state index contributed by atoms with van der Waals surface area (Å²) >= 11 is 0. The lowest BCUT2D eigenvalue weighted by molar-refractivity contribution is 1.05. The van der Waals surface area contributed by atoms with E-state index in [-0.39, 0.29) is 0 Å². The molecule has 1 nitrogen and oxygen atoms in total. The van der Waals surface area contributed by atoms with Crippen molar-refractivity contribution in [1.29, 1.82) is 0 Å². The van der Waals surface area contributed by atoms with E-state index >= 15 is 0 Å². The Morgan fingerprint density at radius 1 is 0.889 bits per heavy atom. The summed E-state index contributed by atoms with van der Waals surface area (Å²) in [5.41, 5.74) is 5.09. The van der Waals surface area contributed by atoms with E-state index in [0.717, 1.165) is 23.9 Å². The Bertz CT molecular complexity index is 713. The standard InChI is InChI=1S/C17H17N/c1-3-12-9-10-17-15(14(12)4-2)11-13-7-5-6-8-16(13)18-17/h5-11H,3-4H2,1-2H3. The number of para-hydroxylation sites is 1. The number of benzene rings is 2. The van der Waals surface area contributed by atoms with Gasteiger partial charge in [0.25, 0.3) is 0 Å². The molecule has 0 fully saturated rings. The summed E-state index contributed by atoms with van der Waals surface area (Å²) in [5, 5.41) is 2.54. The first-order valence-electron chi connectivity index (χ1n) is 6.63. The van der Waals surface area contributed by atoms with Gasteiger partial charge in [0.1, 0.15) is 0 Å². The van der Waals surface area contributed by atoms with E-state index in [2.05, 4.69) is 50.2 Å². The molecule has 0 aliphatic heterocycles. The lowest BCUT2D eigenvalue weighted by Gasteiger charge is -2.10. The number of pyridine rings is 1. The van der Waals surface area contributed by atoms with Crippen LogP contribution in [0.2, 0.25) is 0 Å². The van der Waals surface area contributed by atoms with Crippen LogP contribution in [0.1, 0.15) is 25.0 Å². The molecule has 3 rings (SSSR count). The van der Waals surface area contributed by atoms with Crippen LogP contribution in [0.3, 0.4) is 0 Å². The minimum Gasteiger partial charge on any atom is -0.248 e. The first kappa shape index (κ1) is 11.2. The van der Waals surface area contributed by atoms with Crippen LogP contribution in [0, 0.1) is 0 Å². The van der Waals surface area contributed by atoms with Crippen LogP contribution in [-0.4, -0.2) is 4.98 Å². The van der Waals surface area contributed by atoms with E-state index in [9.17, 15) is 0 Å². The van der Waals surface area contributed by atoms with Crippen LogP contribution in [0.4, 0.5) is 0 Å². The quantitative estimate of drug-likeness (QED) is 0.595. The Labute approximate surface area is 107 Å². The van der Waals surface area contributed by atoms with Gasteiger partial charge >= 0.3 is 0 Å². The van der Waals surface area contributed by atoms with Crippen LogP contribution in [0.25, 0.3) is 21.8 Å². The number of fused-ring (bicyclic) bond motifs is 2. The minimum atomic E-state index is 1.07. The Kier molecular flexibility index (Phi) is 2.75. The highest BCUT2D eigenvalue weighted by Gasteiger charge is 2.07. The highest BCUT2D eigenvalue weighted by Crippen LogP contribution is 2.26. The molecule has 2 aromatic carbocycles. The fourth-order valence-electron chi connectivity index (χ4n) is 2.70. The zero-order valence-corrected chi connectivity index (χ0v) is 10.9. The molecule has 0 atom stereocenters. The molecule has 90 valence electrons. The molecular weight excluding hydrogens is 218 g/mol. The molecule has 3 aromatic rings. The molecular formula is C17H17N. The molecule has 1 heterocycles. The third-order valence-corrected chi connectivity index (χ3v) is 3.64. The highest BCUT2D eigenvalue weighted by atomic mass is 14.7. The molecule has 1 heteroatoms. The summed E-state index contributed by atoms with van der Waals surface area (Å²) in [4.78, 5) is 4.76. The smallest absolute Gasteiger partial charge is 0.0712 e. The van der Waals surface area contributed by atoms with Gasteiger partial charge in [0, 0.05) is 10.8 Å². The van der Waals surface area contributed by atoms with Gasteiger partial charge in [-0.25, -0.2) is 4.98 Å². The molecule has 0 unspecified atom stereocenters. The van der Waals surface area contributed by atoms with Crippen molar-refractivity contribution in [3.63, 3.8) is 0 Å². The summed E-state index contributed by atoms with van der Waals surface area (Å²) in [7, 11) is 0. The Morgan fingerprint density at radius 3 is 2.50 bits per heavy atom. The van der Waals surface area contributed by atoms with Crippen LogP contribution in [0.15, 0.2) is 42.5 Å². The predicted octanol–water partition coefficient (Wildman–Crippen LogP) is 4.51. The topological polar surface area (TPSA) is 12.9 Å². The molecule has 0 radical (unpaired) electrons. The van der Waals surface area contributed by atoms with Crippen LogP contribution >= 0.6 is 0 Å². The summed E-state index contributed by atoms with van der Waals surface area (Å²) in [6.07, 6.45) is 2.16. The van der Waals surface area contributed by atoms with Gasteiger partial charge < -0.3 is 0 Å². The van der Waals surface area contributed by atoms with Crippen molar-refractivity contribution in [1.82, 2.24) is 4.98 Å². The third kappa shape index (κ3) is 1.67. The van der Waals surface area contributed by atoms with Crippen LogP contribution < -0.4 is 0 Å². The van der Waals surface area contributed by atoms with Gasteiger partial charge in [0.05, 0.1) is 11.0 Å². The van der Waals surface area contributed by atoms with Gasteiger partial charge in [-0.15, -0.1) is 0 Å². The summed E-state index contributed by atoms with van der Waals surface area (Å²) in [6, 6.07) is 15.0. The molecule has 0 bridgehead atoms. The zero-order valence-electron chi connectivity index (χ0n) is 10.9. The average molecular weight is 235 g/mol. The minimum absolute atomic E-state index is 1.07. The van der Waals surface area contributed by atoms with Gasteiger partial charge in [-0.2, -0.15) is 0 Å². The summed E-state index contributed by atoms with van der Waals surface area (Å²) in [5.74, 6) is 0. The summed E-state index contributed by atoms with van der Waals surface area (Å²) < 4.78 is 0. The molecule has 0 amide bonds. The fraction of sp³-hybridized carbons (Fsp3) is 0.235. The number of hydrogen-bond donors (Lipinski definition) is 0. The van der Waals surface area contributed by atoms with Gasteiger partial charge in [-0.3, -0.25) is 0 Å². The van der Waals surface area contributed by atoms with Gasteiger partial charge in [-0.05, 0) is 42.2 Å². The van der Waals surface area contributed by atoms with Crippen molar-refractivity contribution < 1.29 is 0 Å². The van der Waals surface area contributed by atoms with Crippen molar-refractivity contribution in [2.75, 3.05) is 0 Å². The lowest BCUT2D eigenvalue weighted by Crippen LogP contribution is -1.94. The van der Waals surface area contributed by atoms with E-state index in [0.29, 0.717) is 0 Å². The number of rotatable bonds is 2. The predicted molar refractivity (Wildman–Crippen MR) is 78.0 cm³/mol. The second-order valence-corrected chi connectivity index (χ2v) is 4.66. The molecule has 18 heavy (non-hydrogen) atoms. The molecule has 0 aliphatic rings. The second kappa shape index (κ2) is 4.41. The average Bonchev–Trinajstić information content (AvgIpc) is 2.43. The van der Waals surface area contributed by atoms with E-state index in [4.69, 9.17) is 4.98 Å². The van der Waals surface area contributed by atoms with E-state index in [1.165, 1.54) is 21.9 Å². The van der Waals surface area contributed by atoms with Gasteiger partial charge in [0.2, 0.25) is 0 Å². The van der Waals surface area contributed by atoms with Crippen molar-refractivity contribution in [2.45, 2.75) is 26.7 Å². The zero-order chi connectivity index (χ0) is 12.5.